The molecule has 3 N–H and O–H groups in total. The topological polar surface area (TPSA) is 75.8 Å². The summed E-state index contributed by atoms with van der Waals surface area (Å²) < 4.78 is 5.41. The van der Waals surface area contributed by atoms with Crippen LogP contribution < -0.4 is 16.0 Å². The molecule has 22 heavy (non-hydrogen) atoms. The molecule has 2 aliphatic rings. The number of rotatable bonds is 4. The minimum absolute atomic E-state index is 0.497. The first-order chi connectivity index (χ1) is 10.8. The van der Waals surface area contributed by atoms with Crippen molar-refractivity contribution in [2.45, 2.75) is 38.3 Å². The molecular weight excluding hydrogens is 278 g/mol. The zero-order valence-electron chi connectivity index (χ0n) is 13.0. The van der Waals surface area contributed by atoms with Gasteiger partial charge in [-0.2, -0.15) is 0 Å². The van der Waals surface area contributed by atoms with Crippen molar-refractivity contribution in [1.29, 1.82) is 0 Å². The van der Waals surface area contributed by atoms with E-state index in [9.17, 15) is 0 Å². The molecule has 1 aliphatic heterocycles. The van der Waals surface area contributed by atoms with Crippen LogP contribution >= 0.6 is 0 Å². The highest BCUT2D eigenvalue weighted by Crippen LogP contribution is 2.20. The first-order valence-electron chi connectivity index (χ1n) is 8.16. The molecule has 1 aliphatic carbocycles. The quantitative estimate of drug-likeness (QED) is 0.647. The normalized spacial score (nSPS) is 20.4. The van der Waals surface area contributed by atoms with Crippen LogP contribution in [0.15, 0.2) is 23.3 Å². The Balaban J connectivity index is 1.63. The van der Waals surface area contributed by atoms with Crippen LogP contribution in [0, 0.1) is 0 Å². The Morgan fingerprint density at radius 2 is 2.14 bits per heavy atom. The number of morpholine rings is 1. The third kappa shape index (κ3) is 3.88. The van der Waals surface area contributed by atoms with Crippen molar-refractivity contribution < 1.29 is 4.74 Å². The smallest absolute Gasteiger partial charge is 0.189 e. The number of nitrogens with zero attached hydrogens (tertiary/aromatic N) is 3. The molecule has 6 heteroatoms. The summed E-state index contributed by atoms with van der Waals surface area (Å²) in [5, 5.41) is 3.32. The molecule has 1 aromatic rings. The molecule has 2 fully saturated rings. The number of nitrogens with two attached hydrogens (primary N) is 1. The van der Waals surface area contributed by atoms with Crippen LogP contribution in [0.2, 0.25) is 0 Å². The largest absolute Gasteiger partial charge is 0.378 e. The zero-order valence-corrected chi connectivity index (χ0v) is 13.0. The summed E-state index contributed by atoms with van der Waals surface area (Å²) >= 11 is 0. The molecule has 1 aromatic heterocycles. The number of hydrogen-bond acceptors (Lipinski definition) is 4. The van der Waals surface area contributed by atoms with E-state index in [4.69, 9.17) is 10.5 Å². The molecule has 0 amide bonds. The molecule has 0 radical (unpaired) electrons. The molecule has 0 bridgehead atoms. The zero-order chi connectivity index (χ0) is 15.2. The maximum atomic E-state index is 6.01. The lowest BCUT2D eigenvalue weighted by Gasteiger charge is -2.29. The lowest BCUT2D eigenvalue weighted by Crippen LogP contribution is -2.39. The van der Waals surface area contributed by atoms with Gasteiger partial charge in [0.15, 0.2) is 5.96 Å². The lowest BCUT2D eigenvalue weighted by molar-refractivity contribution is 0.122. The van der Waals surface area contributed by atoms with Gasteiger partial charge in [-0.15, -0.1) is 0 Å². The van der Waals surface area contributed by atoms with Crippen LogP contribution in [0.3, 0.4) is 0 Å². The number of guanidine groups is 1. The van der Waals surface area contributed by atoms with E-state index in [1.54, 1.807) is 0 Å². The van der Waals surface area contributed by atoms with Crippen molar-refractivity contribution in [3.8, 4) is 0 Å². The third-order valence-electron chi connectivity index (χ3n) is 4.31. The molecule has 1 saturated heterocycles. The van der Waals surface area contributed by atoms with E-state index in [1.807, 2.05) is 12.3 Å². The van der Waals surface area contributed by atoms with Gasteiger partial charge in [-0.25, -0.2) is 9.98 Å². The van der Waals surface area contributed by atoms with Crippen LogP contribution in [0.25, 0.3) is 0 Å². The SMILES string of the molecule is NC(=NCc1cccnc1N1CCOCC1)NC1CCCC1. The second kappa shape index (κ2) is 7.45. The van der Waals surface area contributed by atoms with Crippen LogP contribution in [0.5, 0.6) is 0 Å². The van der Waals surface area contributed by atoms with Crippen molar-refractivity contribution in [1.82, 2.24) is 10.3 Å². The van der Waals surface area contributed by atoms with Crippen molar-refractivity contribution in [3.63, 3.8) is 0 Å². The van der Waals surface area contributed by atoms with E-state index >= 15 is 0 Å². The average Bonchev–Trinajstić information content (AvgIpc) is 3.07. The van der Waals surface area contributed by atoms with E-state index in [-0.39, 0.29) is 0 Å². The molecule has 2 heterocycles. The second-order valence-corrected chi connectivity index (χ2v) is 5.91. The Morgan fingerprint density at radius 1 is 1.36 bits per heavy atom. The van der Waals surface area contributed by atoms with Crippen molar-refractivity contribution in [2.75, 3.05) is 31.2 Å². The Morgan fingerprint density at radius 3 is 2.91 bits per heavy atom. The fourth-order valence-corrected chi connectivity index (χ4v) is 3.11. The summed E-state index contributed by atoms with van der Waals surface area (Å²) in [6.07, 6.45) is 6.80. The monoisotopic (exact) mass is 303 g/mol. The number of aliphatic imine (C=N–C) groups is 1. The van der Waals surface area contributed by atoms with Gasteiger partial charge in [0.1, 0.15) is 5.82 Å². The summed E-state index contributed by atoms with van der Waals surface area (Å²) in [7, 11) is 0. The molecule has 1 saturated carbocycles. The van der Waals surface area contributed by atoms with Gasteiger partial charge >= 0.3 is 0 Å². The molecular formula is C16H25N5O. The van der Waals surface area contributed by atoms with Crippen molar-refractivity contribution in [2.24, 2.45) is 10.7 Å². The predicted octanol–water partition coefficient (Wildman–Crippen LogP) is 1.27. The summed E-state index contributed by atoms with van der Waals surface area (Å²) in [4.78, 5) is 11.3. The molecule has 0 aromatic carbocycles. The number of hydrogen-bond donors (Lipinski definition) is 2. The summed E-state index contributed by atoms with van der Waals surface area (Å²) in [6, 6.07) is 4.52. The summed E-state index contributed by atoms with van der Waals surface area (Å²) in [6.45, 7) is 3.83. The maximum Gasteiger partial charge on any atom is 0.189 e. The molecule has 0 unspecified atom stereocenters. The van der Waals surface area contributed by atoms with E-state index in [0.717, 1.165) is 37.7 Å². The highest BCUT2D eigenvalue weighted by Gasteiger charge is 2.17. The van der Waals surface area contributed by atoms with Crippen molar-refractivity contribution >= 4 is 11.8 Å². The lowest BCUT2D eigenvalue weighted by atomic mass is 10.2. The van der Waals surface area contributed by atoms with Crippen molar-refractivity contribution in [3.05, 3.63) is 23.9 Å². The van der Waals surface area contributed by atoms with E-state index in [1.165, 1.54) is 25.7 Å². The van der Waals surface area contributed by atoms with E-state index in [2.05, 4.69) is 26.3 Å². The average molecular weight is 303 g/mol. The number of anilines is 1. The van der Waals surface area contributed by atoms with Gasteiger partial charge in [-0.1, -0.05) is 18.9 Å². The third-order valence-corrected chi connectivity index (χ3v) is 4.31. The molecule has 120 valence electrons. The molecule has 6 nitrogen and oxygen atoms in total. The van der Waals surface area contributed by atoms with Crippen LogP contribution in [-0.4, -0.2) is 43.3 Å². The van der Waals surface area contributed by atoms with Gasteiger partial charge in [0.25, 0.3) is 0 Å². The Hall–Kier alpha value is -1.82. The summed E-state index contributed by atoms with van der Waals surface area (Å²) in [5.74, 6) is 1.55. The fraction of sp³-hybridized carbons (Fsp3) is 0.625. The van der Waals surface area contributed by atoms with E-state index < -0.39 is 0 Å². The number of ether oxygens (including phenoxy) is 1. The van der Waals surface area contributed by atoms with Gasteiger partial charge in [0, 0.05) is 30.9 Å². The molecule has 0 atom stereocenters. The summed E-state index contributed by atoms with van der Waals surface area (Å²) in [5.41, 5.74) is 7.13. The Kier molecular flexibility index (Phi) is 5.11. The number of aromatic nitrogens is 1. The maximum absolute atomic E-state index is 6.01. The molecule has 3 rings (SSSR count). The highest BCUT2D eigenvalue weighted by atomic mass is 16.5. The molecule has 0 spiro atoms. The van der Waals surface area contributed by atoms with Gasteiger partial charge in [0.2, 0.25) is 0 Å². The highest BCUT2D eigenvalue weighted by molar-refractivity contribution is 5.78. The van der Waals surface area contributed by atoms with Gasteiger partial charge in [-0.3, -0.25) is 0 Å². The number of nitrogens with one attached hydrogen (secondary N) is 1. The fourth-order valence-electron chi connectivity index (χ4n) is 3.11. The Bertz CT molecular complexity index is 507. The van der Waals surface area contributed by atoms with Gasteiger partial charge in [0.05, 0.1) is 19.8 Å². The second-order valence-electron chi connectivity index (χ2n) is 5.91. The van der Waals surface area contributed by atoms with Crippen LogP contribution in [-0.2, 0) is 11.3 Å². The first kappa shape index (κ1) is 15.1. The van der Waals surface area contributed by atoms with Crippen LogP contribution in [0.1, 0.15) is 31.2 Å². The minimum Gasteiger partial charge on any atom is -0.378 e. The van der Waals surface area contributed by atoms with Gasteiger partial charge in [-0.05, 0) is 18.9 Å². The van der Waals surface area contributed by atoms with Gasteiger partial charge < -0.3 is 20.7 Å². The van der Waals surface area contributed by atoms with E-state index in [0.29, 0.717) is 18.5 Å². The standard InChI is InChI=1S/C16H25N5O/c17-16(20-14-5-1-2-6-14)19-12-13-4-3-7-18-15(13)21-8-10-22-11-9-21/h3-4,7,14H,1-2,5-6,8-12H2,(H3,17,19,20). The number of pyridine rings is 1. The minimum atomic E-state index is 0.497. The predicted molar refractivity (Wildman–Crippen MR) is 88.0 cm³/mol. The van der Waals surface area contributed by atoms with Crippen LogP contribution in [0.4, 0.5) is 5.82 Å². The first-order valence-corrected chi connectivity index (χ1v) is 8.16. The Labute approximate surface area is 131 Å².